The number of amides is 1. The number of nitrogens with zero attached hydrogens (tertiary/aromatic N) is 3. The largest absolute Gasteiger partial charge is 0.493 e. The van der Waals surface area contributed by atoms with Crippen molar-refractivity contribution in [2.45, 2.75) is 26.4 Å². The zero-order chi connectivity index (χ0) is 20.2. The van der Waals surface area contributed by atoms with Crippen molar-refractivity contribution >= 4 is 17.8 Å². The second kappa shape index (κ2) is 8.55. The van der Waals surface area contributed by atoms with Crippen LogP contribution in [-0.2, 0) is 11.2 Å². The first-order valence-corrected chi connectivity index (χ1v) is 10.2. The summed E-state index contributed by atoms with van der Waals surface area (Å²) in [5.41, 5.74) is 2.04. The van der Waals surface area contributed by atoms with E-state index in [9.17, 15) is 4.79 Å². The molecule has 152 valence electrons. The third-order valence-corrected chi connectivity index (χ3v) is 5.30. The van der Waals surface area contributed by atoms with Crippen molar-refractivity contribution in [1.82, 2.24) is 9.88 Å². The number of hydrogen-bond donors (Lipinski definition) is 0. The normalized spacial score (nSPS) is 18.6. The van der Waals surface area contributed by atoms with Gasteiger partial charge < -0.3 is 19.3 Å². The van der Waals surface area contributed by atoms with Gasteiger partial charge in [0.1, 0.15) is 23.4 Å². The molecule has 4 rings (SSSR count). The highest BCUT2D eigenvalue weighted by atomic mass is 16.5. The molecule has 6 heteroatoms. The van der Waals surface area contributed by atoms with Crippen molar-refractivity contribution in [2.75, 3.05) is 37.7 Å². The molecule has 0 saturated carbocycles. The number of rotatable bonds is 5. The first kappa shape index (κ1) is 19.3. The van der Waals surface area contributed by atoms with Gasteiger partial charge in [0.25, 0.3) is 0 Å². The first-order chi connectivity index (χ1) is 14.1. The van der Waals surface area contributed by atoms with Gasteiger partial charge >= 0.3 is 0 Å². The molecule has 29 heavy (non-hydrogen) atoms. The van der Waals surface area contributed by atoms with Crippen molar-refractivity contribution in [3.05, 3.63) is 53.7 Å². The Morgan fingerprint density at radius 3 is 2.83 bits per heavy atom. The lowest BCUT2D eigenvalue weighted by molar-refractivity contribution is -0.126. The Labute approximate surface area is 171 Å². The lowest BCUT2D eigenvalue weighted by Crippen LogP contribution is -2.48. The smallest absolute Gasteiger partial charge is 0.246 e. The molecule has 1 atom stereocenters. The molecule has 0 N–H and O–H groups in total. The van der Waals surface area contributed by atoms with Gasteiger partial charge in [-0.2, -0.15) is 0 Å². The molecule has 6 nitrogen and oxygen atoms in total. The molecule has 0 radical (unpaired) electrons. The van der Waals surface area contributed by atoms with E-state index in [1.165, 1.54) is 0 Å². The Balaban J connectivity index is 1.42. The quantitative estimate of drug-likeness (QED) is 0.731. The van der Waals surface area contributed by atoms with Crippen LogP contribution in [0.4, 0.5) is 5.82 Å². The molecule has 1 aromatic heterocycles. The average Bonchev–Trinajstić information content (AvgIpc) is 3.11. The predicted molar refractivity (Wildman–Crippen MR) is 113 cm³/mol. The summed E-state index contributed by atoms with van der Waals surface area (Å²) >= 11 is 0. The van der Waals surface area contributed by atoms with Gasteiger partial charge in [0, 0.05) is 56.0 Å². The van der Waals surface area contributed by atoms with Crippen molar-refractivity contribution in [1.29, 1.82) is 0 Å². The van der Waals surface area contributed by atoms with Gasteiger partial charge in [0.05, 0.1) is 6.61 Å². The lowest BCUT2D eigenvalue weighted by atomic mass is 10.1. The van der Waals surface area contributed by atoms with Crippen LogP contribution >= 0.6 is 0 Å². The van der Waals surface area contributed by atoms with Gasteiger partial charge in [0.15, 0.2) is 0 Å². The summed E-state index contributed by atoms with van der Waals surface area (Å²) in [6.07, 6.45) is 6.34. The van der Waals surface area contributed by atoms with Crippen LogP contribution in [0.2, 0.25) is 0 Å². The van der Waals surface area contributed by atoms with E-state index in [0.29, 0.717) is 19.7 Å². The minimum absolute atomic E-state index is 0.0166. The number of carbonyl (C=O) groups is 1. The molecule has 0 spiro atoms. The highest BCUT2D eigenvalue weighted by Gasteiger charge is 2.22. The third-order valence-electron chi connectivity index (χ3n) is 5.30. The van der Waals surface area contributed by atoms with E-state index < -0.39 is 0 Å². The van der Waals surface area contributed by atoms with E-state index >= 15 is 0 Å². The highest BCUT2D eigenvalue weighted by Crippen LogP contribution is 2.35. The van der Waals surface area contributed by atoms with E-state index in [2.05, 4.69) is 16.8 Å². The number of fused-ring (bicyclic) bond motifs is 1. The molecule has 2 aliphatic rings. The summed E-state index contributed by atoms with van der Waals surface area (Å²) in [4.78, 5) is 21.2. The summed E-state index contributed by atoms with van der Waals surface area (Å²) in [6.45, 7) is 7.54. The molecule has 1 amide bonds. The van der Waals surface area contributed by atoms with Crippen LogP contribution in [-0.4, -0.2) is 54.7 Å². The first-order valence-electron chi connectivity index (χ1n) is 10.2. The zero-order valence-electron chi connectivity index (χ0n) is 17.0. The van der Waals surface area contributed by atoms with Crippen LogP contribution in [0.25, 0.3) is 6.08 Å². The van der Waals surface area contributed by atoms with Gasteiger partial charge in [-0.15, -0.1) is 0 Å². The van der Waals surface area contributed by atoms with E-state index in [4.69, 9.17) is 9.47 Å². The fraction of sp³-hybridized carbons (Fsp3) is 0.391. The summed E-state index contributed by atoms with van der Waals surface area (Å²) in [5.74, 6) is 2.66. The molecule has 0 bridgehead atoms. The topological polar surface area (TPSA) is 54.9 Å². The minimum Gasteiger partial charge on any atom is -0.493 e. The summed E-state index contributed by atoms with van der Waals surface area (Å²) < 4.78 is 11.7. The summed E-state index contributed by atoms with van der Waals surface area (Å²) in [6, 6.07) is 9.92. The Hall–Kier alpha value is -3.02. The van der Waals surface area contributed by atoms with Crippen LogP contribution in [0.15, 0.2) is 42.6 Å². The van der Waals surface area contributed by atoms with Crippen LogP contribution < -0.4 is 14.4 Å². The number of ether oxygens (including phenoxy) is 2. The maximum atomic E-state index is 12.7. The number of hydrogen-bond acceptors (Lipinski definition) is 5. The SMILES string of the molecule is CCOc1cc2c(cc1C=CC(=O)N1CCN(c3ccccn3)CC1)OC(C)C2. The average molecular weight is 393 g/mol. The van der Waals surface area contributed by atoms with Crippen LogP contribution in [0.3, 0.4) is 0 Å². The fourth-order valence-corrected chi connectivity index (χ4v) is 3.83. The number of carbonyl (C=O) groups excluding carboxylic acids is 1. The van der Waals surface area contributed by atoms with Gasteiger partial charge in [-0.3, -0.25) is 4.79 Å². The van der Waals surface area contributed by atoms with Crippen LogP contribution in [0, 0.1) is 0 Å². The molecule has 1 saturated heterocycles. The molecule has 2 aliphatic heterocycles. The molecule has 0 aliphatic carbocycles. The number of anilines is 1. The highest BCUT2D eigenvalue weighted by molar-refractivity contribution is 5.92. The third kappa shape index (κ3) is 4.36. The molecule has 3 heterocycles. The standard InChI is InChI=1S/C23H27N3O3/c1-3-28-20-16-19-14-17(2)29-21(19)15-18(20)7-8-23(27)26-12-10-25(11-13-26)22-6-4-5-9-24-22/h4-9,15-17H,3,10-14H2,1-2H3. The van der Waals surface area contributed by atoms with Crippen molar-refractivity contribution in [2.24, 2.45) is 0 Å². The van der Waals surface area contributed by atoms with E-state index in [0.717, 1.165) is 48.0 Å². The maximum absolute atomic E-state index is 12.7. The number of piperazine rings is 1. The lowest BCUT2D eigenvalue weighted by Gasteiger charge is -2.34. The van der Waals surface area contributed by atoms with Crippen LogP contribution in [0.1, 0.15) is 25.0 Å². The number of aromatic nitrogens is 1. The summed E-state index contributed by atoms with van der Waals surface area (Å²) in [7, 11) is 0. The van der Waals surface area contributed by atoms with Crippen molar-refractivity contribution in [3.63, 3.8) is 0 Å². The zero-order valence-corrected chi connectivity index (χ0v) is 17.0. The maximum Gasteiger partial charge on any atom is 0.246 e. The van der Waals surface area contributed by atoms with Crippen molar-refractivity contribution in [3.8, 4) is 11.5 Å². The second-order valence-electron chi connectivity index (χ2n) is 7.40. The Morgan fingerprint density at radius 2 is 2.10 bits per heavy atom. The minimum atomic E-state index is 0.0166. The van der Waals surface area contributed by atoms with Gasteiger partial charge in [-0.05, 0) is 44.2 Å². The predicted octanol–water partition coefficient (Wildman–Crippen LogP) is 3.17. The van der Waals surface area contributed by atoms with E-state index in [1.54, 1.807) is 12.3 Å². The monoisotopic (exact) mass is 393 g/mol. The molecular formula is C23H27N3O3. The number of pyridine rings is 1. The molecule has 1 aromatic carbocycles. The van der Waals surface area contributed by atoms with Gasteiger partial charge in [-0.25, -0.2) is 4.98 Å². The second-order valence-corrected chi connectivity index (χ2v) is 7.40. The molecule has 1 fully saturated rings. The molecular weight excluding hydrogens is 366 g/mol. The summed E-state index contributed by atoms with van der Waals surface area (Å²) in [5, 5.41) is 0. The van der Waals surface area contributed by atoms with Crippen molar-refractivity contribution < 1.29 is 14.3 Å². The van der Waals surface area contributed by atoms with Gasteiger partial charge in [0.2, 0.25) is 5.91 Å². The fourth-order valence-electron chi connectivity index (χ4n) is 3.83. The Bertz CT molecular complexity index is 890. The molecule has 1 unspecified atom stereocenters. The van der Waals surface area contributed by atoms with Gasteiger partial charge in [-0.1, -0.05) is 6.07 Å². The Kier molecular flexibility index (Phi) is 5.69. The van der Waals surface area contributed by atoms with E-state index in [-0.39, 0.29) is 12.0 Å². The number of benzene rings is 1. The molecule has 2 aromatic rings. The van der Waals surface area contributed by atoms with Crippen LogP contribution in [0.5, 0.6) is 11.5 Å². The Morgan fingerprint density at radius 1 is 1.28 bits per heavy atom. The van der Waals surface area contributed by atoms with E-state index in [1.807, 2.05) is 48.2 Å².